The standard InChI is InChI=1S/C89H148O17P2/c1-5-9-13-17-21-25-29-33-37-39-41-43-47-50-54-58-62-66-70-74-87(92)100-80-85(106-89(94)76-72-68-64-60-56-52-48-44-42-40-38-34-30-26-22-18-14-10-6-2)82-104-108(97,98)102-78-83(90)77-101-107(95,96)103-81-84(105-88(93)75-71-67-63-59-55-51-46-36-32-28-24-20-16-12-8-4)79-99-86(91)73-69-65-61-57-53-49-45-35-31-27-23-19-15-11-7-3/h10,14,21-23,25-28,32-35,37-38,41-45,50,52,54,56,62,66,83-85,90H,5-9,11-13,15-20,24,29-31,36,39-40,46-49,51,53,55,57-61,63-65,67-82H2,1-4H3,(H,95,96)(H,97,98)/b14-10-,25-21-,26-22-,27-23-,32-28-,37-33-,38-34-,43-41-,44-42-,45-35-,54-50-,56-52-,66-62-/t83-,84+,85+/m0/s1. The van der Waals surface area contributed by atoms with Gasteiger partial charge in [0.05, 0.1) is 26.4 Å². The monoisotopic (exact) mass is 1550 g/mol. The fraction of sp³-hybridized carbons (Fsp3) is 0.663. The maximum absolute atomic E-state index is 13.1. The molecule has 0 aliphatic heterocycles. The van der Waals surface area contributed by atoms with Crippen molar-refractivity contribution in [2.75, 3.05) is 39.6 Å². The van der Waals surface area contributed by atoms with Crippen molar-refractivity contribution in [3.05, 3.63) is 158 Å². The molecule has 0 spiro atoms. The van der Waals surface area contributed by atoms with E-state index in [9.17, 15) is 43.2 Å². The first-order chi connectivity index (χ1) is 52.7. The molecule has 0 fully saturated rings. The molecule has 616 valence electrons. The summed E-state index contributed by atoms with van der Waals surface area (Å²) in [4.78, 5) is 73.1. The number of hydrogen-bond donors (Lipinski definition) is 3. The Kier molecular flexibility index (Phi) is 75.8. The van der Waals surface area contributed by atoms with Gasteiger partial charge in [-0.3, -0.25) is 37.3 Å². The van der Waals surface area contributed by atoms with Crippen molar-refractivity contribution < 1.29 is 80.2 Å². The molecule has 3 N–H and O–H groups in total. The highest BCUT2D eigenvalue weighted by Gasteiger charge is 2.30. The molecule has 0 aromatic heterocycles. The van der Waals surface area contributed by atoms with E-state index in [1.165, 1.54) is 64.2 Å². The van der Waals surface area contributed by atoms with Gasteiger partial charge >= 0.3 is 39.5 Å². The zero-order chi connectivity index (χ0) is 78.9. The minimum absolute atomic E-state index is 0.0250. The minimum atomic E-state index is -5.01. The number of allylic oxidation sites excluding steroid dienone is 26. The van der Waals surface area contributed by atoms with E-state index < -0.39 is 97.5 Å². The summed E-state index contributed by atoms with van der Waals surface area (Å²) < 4.78 is 68.6. The number of esters is 4. The highest BCUT2D eigenvalue weighted by Crippen LogP contribution is 2.45. The lowest BCUT2D eigenvalue weighted by atomic mass is 10.1. The zero-order valence-electron chi connectivity index (χ0n) is 67.5. The van der Waals surface area contributed by atoms with Crippen molar-refractivity contribution in [2.24, 2.45) is 0 Å². The summed E-state index contributed by atoms with van der Waals surface area (Å²) in [5.74, 6) is -2.33. The Morgan fingerprint density at radius 2 is 0.500 bits per heavy atom. The molecule has 5 atom stereocenters. The third-order valence-corrected chi connectivity index (χ3v) is 18.9. The van der Waals surface area contributed by atoms with Crippen molar-refractivity contribution in [3.8, 4) is 0 Å². The predicted octanol–water partition coefficient (Wildman–Crippen LogP) is 24.8. The van der Waals surface area contributed by atoms with Crippen LogP contribution in [0.25, 0.3) is 0 Å². The molecule has 0 rings (SSSR count). The molecule has 0 aromatic rings. The van der Waals surface area contributed by atoms with Gasteiger partial charge in [-0.25, -0.2) is 9.13 Å². The van der Waals surface area contributed by atoms with Gasteiger partial charge in [0, 0.05) is 25.7 Å². The normalized spacial score (nSPS) is 14.6. The highest BCUT2D eigenvalue weighted by atomic mass is 31.2. The van der Waals surface area contributed by atoms with Crippen molar-refractivity contribution >= 4 is 39.5 Å². The third-order valence-electron chi connectivity index (χ3n) is 17.0. The maximum atomic E-state index is 13.1. The van der Waals surface area contributed by atoms with E-state index in [0.717, 1.165) is 173 Å². The Balaban J connectivity index is 5.50. The van der Waals surface area contributed by atoms with Gasteiger partial charge in [-0.1, -0.05) is 288 Å². The van der Waals surface area contributed by atoms with Crippen LogP contribution in [0, 0.1) is 0 Å². The molecule has 108 heavy (non-hydrogen) atoms. The Morgan fingerprint density at radius 3 is 0.833 bits per heavy atom. The predicted molar refractivity (Wildman–Crippen MR) is 445 cm³/mol. The summed E-state index contributed by atoms with van der Waals surface area (Å²) in [6.45, 7) is 4.56. The summed E-state index contributed by atoms with van der Waals surface area (Å²) >= 11 is 0. The van der Waals surface area contributed by atoms with E-state index in [-0.39, 0.29) is 25.7 Å². The number of aliphatic hydroxyl groups excluding tert-OH is 1. The first-order valence-corrected chi connectivity index (χ1v) is 44.7. The van der Waals surface area contributed by atoms with Crippen LogP contribution in [0.4, 0.5) is 0 Å². The fourth-order valence-corrected chi connectivity index (χ4v) is 12.2. The topological polar surface area (TPSA) is 237 Å². The molecule has 0 aliphatic carbocycles. The first-order valence-electron chi connectivity index (χ1n) is 41.7. The van der Waals surface area contributed by atoms with Crippen LogP contribution >= 0.6 is 15.6 Å². The molecule has 0 aliphatic rings. The van der Waals surface area contributed by atoms with Crippen LogP contribution in [-0.2, 0) is 65.4 Å². The fourth-order valence-electron chi connectivity index (χ4n) is 10.6. The molecule has 0 bridgehead atoms. The van der Waals surface area contributed by atoms with Crippen LogP contribution in [0.1, 0.15) is 323 Å². The summed E-state index contributed by atoms with van der Waals surface area (Å²) in [5.41, 5.74) is 0. The van der Waals surface area contributed by atoms with Gasteiger partial charge in [0.1, 0.15) is 19.3 Å². The molecule has 0 saturated carbocycles. The van der Waals surface area contributed by atoms with Crippen molar-refractivity contribution in [1.82, 2.24) is 0 Å². The second kappa shape index (κ2) is 79.8. The number of rotatable bonds is 77. The van der Waals surface area contributed by atoms with Crippen LogP contribution in [-0.4, -0.2) is 96.7 Å². The van der Waals surface area contributed by atoms with E-state index in [1.807, 2.05) is 18.2 Å². The van der Waals surface area contributed by atoms with Crippen molar-refractivity contribution in [3.63, 3.8) is 0 Å². The average Bonchev–Trinajstić information content (AvgIpc) is 0.900. The van der Waals surface area contributed by atoms with Gasteiger partial charge in [-0.05, 0) is 167 Å². The molecule has 17 nitrogen and oxygen atoms in total. The van der Waals surface area contributed by atoms with Crippen LogP contribution < -0.4 is 0 Å². The summed E-state index contributed by atoms with van der Waals surface area (Å²) in [7, 11) is -10.0. The van der Waals surface area contributed by atoms with Crippen molar-refractivity contribution in [2.45, 2.75) is 341 Å². The largest absolute Gasteiger partial charge is 0.472 e. The van der Waals surface area contributed by atoms with E-state index >= 15 is 0 Å². The molecule has 2 unspecified atom stereocenters. The number of aliphatic hydroxyl groups is 1. The average molecular weight is 1550 g/mol. The second-order valence-corrected chi connectivity index (χ2v) is 30.2. The number of hydrogen-bond acceptors (Lipinski definition) is 15. The quantitative estimate of drug-likeness (QED) is 0.0169. The number of ether oxygens (including phenoxy) is 4. The summed E-state index contributed by atoms with van der Waals surface area (Å²) in [6, 6.07) is 0. The van der Waals surface area contributed by atoms with Crippen LogP contribution in [0.2, 0.25) is 0 Å². The molecular formula is C89H148O17P2. The van der Waals surface area contributed by atoms with E-state index in [0.29, 0.717) is 32.1 Å². The lowest BCUT2D eigenvalue weighted by molar-refractivity contribution is -0.161. The number of phosphoric ester groups is 2. The van der Waals surface area contributed by atoms with Gasteiger partial charge in [-0.2, -0.15) is 0 Å². The summed E-state index contributed by atoms with van der Waals surface area (Å²) in [6.07, 6.45) is 93.6. The number of unbranched alkanes of at least 4 members (excludes halogenated alkanes) is 25. The van der Waals surface area contributed by atoms with Gasteiger partial charge in [0.25, 0.3) is 0 Å². The van der Waals surface area contributed by atoms with Crippen LogP contribution in [0.3, 0.4) is 0 Å². The smallest absolute Gasteiger partial charge is 0.462 e. The summed E-state index contributed by atoms with van der Waals surface area (Å²) in [5, 5.41) is 10.7. The lowest BCUT2D eigenvalue weighted by Crippen LogP contribution is -2.30. The molecule has 0 saturated heterocycles. The molecule has 0 radical (unpaired) electrons. The molecule has 0 amide bonds. The van der Waals surface area contributed by atoms with Gasteiger partial charge in [-0.15, -0.1) is 0 Å². The minimum Gasteiger partial charge on any atom is -0.462 e. The van der Waals surface area contributed by atoms with Crippen LogP contribution in [0.15, 0.2) is 158 Å². The van der Waals surface area contributed by atoms with E-state index in [1.54, 1.807) is 0 Å². The van der Waals surface area contributed by atoms with Crippen molar-refractivity contribution in [1.29, 1.82) is 0 Å². The second-order valence-electron chi connectivity index (χ2n) is 27.3. The molecule has 0 heterocycles. The maximum Gasteiger partial charge on any atom is 0.472 e. The molecule has 0 aromatic carbocycles. The SMILES string of the molecule is CC/C=C\C/C=C\C/C=C\C/C=C\C/C=C\CCCCCC(=O)O[C@H](COC(=O)CC/C=C\C/C=C\C/C=C\C/C=C\C/C=C\CCCCC)COP(=O)(O)OC[C@@H](O)COP(=O)(O)OC[C@@H](COC(=O)CCCCCCC/C=C\C/C=C\CCCCC)OC(=O)CCCCCCCCC/C=C\CCCCCC. The Morgan fingerprint density at radius 1 is 0.269 bits per heavy atom. The van der Waals surface area contributed by atoms with E-state index in [4.69, 9.17) is 37.0 Å². The lowest BCUT2D eigenvalue weighted by Gasteiger charge is -2.21. The third kappa shape index (κ3) is 78.8. The van der Waals surface area contributed by atoms with Gasteiger partial charge in [0.15, 0.2) is 12.2 Å². The Hall–Kier alpha value is -5.32. The number of carbonyl (C=O) groups excluding carboxylic acids is 4. The molecule has 19 heteroatoms. The number of carbonyl (C=O) groups is 4. The molecular weight excluding hydrogens is 1400 g/mol. The van der Waals surface area contributed by atoms with Crippen LogP contribution in [0.5, 0.6) is 0 Å². The number of phosphoric acid groups is 2. The Bertz CT molecular complexity index is 2660. The van der Waals surface area contributed by atoms with E-state index in [2.05, 4.69) is 167 Å². The highest BCUT2D eigenvalue weighted by molar-refractivity contribution is 7.47. The Labute approximate surface area is 655 Å². The zero-order valence-corrected chi connectivity index (χ0v) is 69.3. The van der Waals surface area contributed by atoms with Gasteiger partial charge in [0.2, 0.25) is 0 Å². The first kappa shape index (κ1) is 103. The van der Waals surface area contributed by atoms with Gasteiger partial charge < -0.3 is 33.8 Å².